The number of hydrogen-bond acceptors (Lipinski definition) is 5. The van der Waals surface area contributed by atoms with Gasteiger partial charge in [0.15, 0.2) is 0 Å². The van der Waals surface area contributed by atoms with Crippen LogP contribution in [0.1, 0.15) is 17.8 Å². The van der Waals surface area contributed by atoms with Gasteiger partial charge in [0.05, 0.1) is 50.5 Å². The van der Waals surface area contributed by atoms with E-state index >= 15 is 0 Å². The Bertz CT molecular complexity index is 814. The number of thiophene rings is 1. The van der Waals surface area contributed by atoms with Gasteiger partial charge in [-0.3, -0.25) is 0 Å². The van der Waals surface area contributed by atoms with Crippen LogP contribution >= 0.6 is 11.3 Å². The van der Waals surface area contributed by atoms with E-state index in [4.69, 9.17) is 4.74 Å². The highest BCUT2D eigenvalue weighted by atomic mass is 32.2. The summed E-state index contributed by atoms with van der Waals surface area (Å²) < 4.78 is 31.5. The maximum absolute atomic E-state index is 11.8. The zero-order chi connectivity index (χ0) is 19.4. The van der Waals surface area contributed by atoms with E-state index in [0.717, 1.165) is 31.9 Å². The third-order valence-corrected chi connectivity index (χ3v) is 6.79. The summed E-state index contributed by atoms with van der Waals surface area (Å²) in [5, 5.41) is 2.06. The van der Waals surface area contributed by atoms with Crippen LogP contribution in [0, 0.1) is 0 Å². The fraction of sp³-hybridized carbons (Fsp3) is 0.474. The Kier molecular flexibility index (Phi) is 6.41. The minimum Gasteiger partial charge on any atom is -0.497 e. The van der Waals surface area contributed by atoms with E-state index in [1.807, 2.05) is 25.1 Å². The number of benzene rings is 1. The molecule has 0 unspecified atom stereocenters. The summed E-state index contributed by atoms with van der Waals surface area (Å²) in [7, 11) is -1.57. The van der Waals surface area contributed by atoms with Gasteiger partial charge in [0.25, 0.3) is 0 Å². The Morgan fingerprint density at radius 1 is 1.19 bits per heavy atom. The highest BCUT2D eigenvalue weighted by Crippen LogP contribution is 2.22. The van der Waals surface area contributed by atoms with Gasteiger partial charge in [-0.05, 0) is 42.6 Å². The van der Waals surface area contributed by atoms with Crippen LogP contribution in [-0.2, 0) is 10.0 Å². The predicted molar refractivity (Wildman–Crippen MR) is 110 cm³/mol. The molecular formula is C19H28N3O3S2+. The predicted octanol–water partition coefficient (Wildman–Crippen LogP) is 1.14. The molecule has 2 N–H and O–H groups in total. The fourth-order valence-corrected chi connectivity index (χ4v) is 5.63. The first-order valence-corrected chi connectivity index (χ1v) is 11.9. The molecule has 0 aliphatic carbocycles. The first-order chi connectivity index (χ1) is 12.9. The lowest BCUT2D eigenvalue weighted by Gasteiger charge is -2.39. The summed E-state index contributed by atoms with van der Waals surface area (Å²) in [6.45, 7) is 5.77. The summed E-state index contributed by atoms with van der Waals surface area (Å²) in [6.07, 6.45) is 1.23. The van der Waals surface area contributed by atoms with Gasteiger partial charge in [-0.25, -0.2) is 13.1 Å². The van der Waals surface area contributed by atoms with Crippen LogP contribution in [-0.4, -0.2) is 54.0 Å². The van der Waals surface area contributed by atoms with E-state index < -0.39 is 10.0 Å². The molecule has 0 amide bonds. The molecule has 6 nitrogen and oxygen atoms in total. The Labute approximate surface area is 165 Å². The Morgan fingerprint density at radius 3 is 2.37 bits per heavy atom. The van der Waals surface area contributed by atoms with Crippen LogP contribution in [0.15, 0.2) is 41.8 Å². The van der Waals surface area contributed by atoms with Crippen molar-refractivity contribution < 1.29 is 18.1 Å². The standard InChI is InChI=1S/C19H27N3O3S2/c1-15(20-27(3,23)24)19(18-5-4-14-26-18)22-12-10-21(11-13-22)16-6-8-17(25-2)9-7-16/h4-9,14-15,19-20H,10-13H2,1-3H3/p+1/t15-,19-/m1/s1. The van der Waals surface area contributed by atoms with Crippen LogP contribution in [0.5, 0.6) is 5.75 Å². The van der Waals surface area contributed by atoms with Crippen molar-refractivity contribution in [1.29, 1.82) is 0 Å². The molecule has 8 heteroatoms. The van der Waals surface area contributed by atoms with E-state index in [9.17, 15) is 8.42 Å². The molecule has 0 spiro atoms. The van der Waals surface area contributed by atoms with Crippen molar-refractivity contribution in [1.82, 2.24) is 4.72 Å². The second-order valence-corrected chi connectivity index (χ2v) is 9.77. The molecule has 1 aliphatic heterocycles. The molecule has 2 heterocycles. The highest BCUT2D eigenvalue weighted by molar-refractivity contribution is 7.88. The van der Waals surface area contributed by atoms with Crippen LogP contribution in [0.25, 0.3) is 0 Å². The quantitative estimate of drug-likeness (QED) is 0.719. The van der Waals surface area contributed by atoms with Gasteiger partial charge in [-0.1, -0.05) is 6.07 Å². The SMILES string of the molecule is COc1ccc(N2CC[NH+]([C@@H](c3cccs3)[C@@H](C)NS(C)(=O)=O)CC2)cc1. The molecule has 3 rings (SSSR count). The lowest BCUT2D eigenvalue weighted by atomic mass is 10.1. The van der Waals surface area contributed by atoms with Gasteiger partial charge in [-0.2, -0.15) is 0 Å². The molecule has 0 saturated carbocycles. The molecule has 1 aliphatic rings. The van der Waals surface area contributed by atoms with Crippen LogP contribution in [0.4, 0.5) is 5.69 Å². The molecule has 1 aromatic heterocycles. The van der Waals surface area contributed by atoms with E-state index in [0.29, 0.717) is 0 Å². The molecule has 148 valence electrons. The number of methoxy groups -OCH3 is 1. The average Bonchev–Trinajstić information content (AvgIpc) is 3.15. The third kappa shape index (κ3) is 5.22. The second-order valence-electron chi connectivity index (χ2n) is 7.02. The van der Waals surface area contributed by atoms with Crippen LogP contribution in [0.3, 0.4) is 0 Å². The molecule has 1 fully saturated rings. The number of nitrogens with one attached hydrogen (secondary N) is 2. The summed E-state index contributed by atoms with van der Waals surface area (Å²) in [5.74, 6) is 0.862. The number of nitrogens with zero attached hydrogens (tertiary/aromatic N) is 1. The topological polar surface area (TPSA) is 63.1 Å². The van der Waals surface area contributed by atoms with Gasteiger partial charge in [0.2, 0.25) is 10.0 Å². The molecule has 1 aromatic carbocycles. The van der Waals surface area contributed by atoms with Gasteiger partial charge < -0.3 is 14.5 Å². The van der Waals surface area contributed by atoms with Gasteiger partial charge in [0.1, 0.15) is 11.8 Å². The summed E-state index contributed by atoms with van der Waals surface area (Å²) >= 11 is 1.70. The first-order valence-electron chi connectivity index (χ1n) is 9.11. The van der Waals surface area contributed by atoms with E-state index in [2.05, 4.69) is 33.2 Å². The fourth-order valence-electron chi connectivity index (χ4n) is 3.83. The maximum atomic E-state index is 11.8. The van der Waals surface area contributed by atoms with Crippen molar-refractivity contribution in [2.75, 3.05) is 44.4 Å². The van der Waals surface area contributed by atoms with Crippen molar-refractivity contribution in [2.24, 2.45) is 0 Å². The molecule has 0 radical (unpaired) electrons. The van der Waals surface area contributed by atoms with Crippen molar-refractivity contribution >= 4 is 27.0 Å². The van der Waals surface area contributed by atoms with Gasteiger partial charge in [0, 0.05) is 5.69 Å². The number of ether oxygens (including phenoxy) is 1. The summed E-state index contributed by atoms with van der Waals surface area (Å²) in [5.41, 5.74) is 1.20. The molecule has 2 aromatic rings. The van der Waals surface area contributed by atoms with E-state index in [-0.39, 0.29) is 12.1 Å². The van der Waals surface area contributed by atoms with Crippen molar-refractivity contribution in [3.8, 4) is 5.75 Å². The number of sulfonamides is 1. The van der Waals surface area contributed by atoms with E-state index in [1.54, 1.807) is 18.4 Å². The molecule has 1 saturated heterocycles. The lowest BCUT2D eigenvalue weighted by molar-refractivity contribution is -0.933. The number of hydrogen-bond donors (Lipinski definition) is 2. The first kappa shape index (κ1) is 20.1. The molecule has 0 bridgehead atoms. The van der Waals surface area contributed by atoms with E-state index in [1.165, 1.54) is 21.7 Å². The minimum absolute atomic E-state index is 0.123. The monoisotopic (exact) mass is 410 g/mol. The number of anilines is 1. The smallest absolute Gasteiger partial charge is 0.209 e. The summed E-state index contributed by atoms with van der Waals surface area (Å²) in [4.78, 5) is 5.03. The summed E-state index contributed by atoms with van der Waals surface area (Å²) in [6, 6.07) is 12.3. The zero-order valence-corrected chi connectivity index (χ0v) is 17.6. The van der Waals surface area contributed by atoms with Crippen molar-refractivity contribution in [2.45, 2.75) is 19.0 Å². The minimum atomic E-state index is -3.24. The van der Waals surface area contributed by atoms with Gasteiger partial charge >= 0.3 is 0 Å². The van der Waals surface area contributed by atoms with Crippen LogP contribution < -0.4 is 19.3 Å². The van der Waals surface area contributed by atoms with Crippen molar-refractivity contribution in [3.05, 3.63) is 46.7 Å². The third-order valence-electron chi connectivity index (χ3n) is 5.03. The average molecular weight is 411 g/mol. The molecule has 27 heavy (non-hydrogen) atoms. The largest absolute Gasteiger partial charge is 0.497 e. The molecular weight excluding hydrogens is 382 g/mol. The molecule has 2 atom stereocenters. The Hall–Kier alpha value is -1.61. The second kappa shape index (κ2) is 8.60. The zero-order valence-electron chi connectivity index (χ0n) is 16.0. The number of piperazine rings is 1. The lowest BCUT2D eigenvalue weighted by Crippen LogP contribution is -3.16. The normalized spacial score (nSPS) is 18.3. The van der Waals surface area contributed by atoms with Gasteiger partial charge in [-0.15, -0.1) is 11.3 Å². The highest BCUT2D eigenvalue weighted by Gasteiger charge is 2.34. The number of rotatable bonds is 7. The Balaban J connectivity index is 1.70. The Morgan fingerprint density at radius 2 is 1.85 bits per heavy atom. The maximum Gasteiger partial charge on any atom is 0.209 e. The number of quaternary nitrogens is 1. The van der Waals surface area contributed by atoms with Crippen LogP contribution in [0.2, 0.25) is 0 Å². The van der Waals surface area contributed by atoms with Crippen molar-refractivity contribution in [3.63, 3.8) is 0 Å².